The first-order valence-electron chi connectivity index (χ1n) is 6.43. The van der Waals surface area contributed by atoms with E-state index >= 15 is 0 Å². The summed E-state index contributed by atoms with van der Waals surface area (Å²) in [5.41, 5.74) is 0.529. The summed E-state index contributed by atoms with van der Waals surface area (Å²) in [6.45, 7) is 1.88. The molecule has 2 aromatic rings. The van der Waals surface area contributed by atoms with Gasteiger partial charge in [-0.15, -0.1) is 0 Å². The van der Waals surface area contributed by atoms with Gasteiger partial charge in [0, 0.05) is 13.1 Å². The van der Waals surface area contributed by atoms with Crippen molar-refractivity contribution in [1.82, 2.24) is 4.90 Å². The molecular formula is C15H17ClN2O3. The number of hydrogen-bond donors (Lipinski definition) is 1. The quantitative estimate of drug-likeness (QED) is 0.922. The van der Waals surface area contributed by atoms with Gasteiger partial charge in [0.2, 0.25) is 0 Å². The predicted molar refractivity (Wildman–Crippen MR) is 81.9 cm³/mol. The first-order chi connectivity index (χ1) is 10.0. The summed E-state index contributed by atoms with van der Waals surface area (Å²) in [5.74, 6) is 1.35. The Morgan fingerprint density at radius 2 is 2.19 bits per heavy atom. The first-order valence-corrected chi connectivity index (χ1v) is 6.81. The molecule has 0 radical (unpaired) electrons. The molecule has 1 unspecified atom stereocenters. The lowest BCUT2D eigenvalue weighted by Crippen LogP contribution is -2.33. The Labute approximate surface area is 128 Å². The Morgan fingerprint density at radius 3 is 2.76 bits per heavy atom. The molecule has 1 aromatic carbocycles. The van der Waals surface area contributed by atoms with Crippen LogP contribution in [0.25, 0.3) is 0 Å². The molecule has 0 fully saturated rings. The first kappa shape index (κ1) is 15.3. The van der Waals surface area contributed by atoms with Crippen LogP contribution in [0.2, 0.25) is 5.02 Å². The van der Waals surface area contributed by atoms with Crippen LogP contribution in [0.3, 0.4) is 0 Å². The Hall–Kier alpha value is -2.14. The van der Waals surface area contributed by atoms with Gasteiger partial charge >= 0.3 is 6.03 Å². The molecule has 2 rings (SSSR count). The molecule has 2 amide bonds. The third-order valence-corrected chi connectivity index (χ3v) is 3.59. The molecule has 0 aliphatic rings. The SMILES string of the molecule is COc1ccc(NC(=O)N(C)C(C)c2ccco2)c(Cl)c1. The number of nitrogens with one attached hydrogen (secondary N) is 1. The second kappa shape index (κ2) is 6.54. The highest BCUT2D eigenvalue weighted by Crippen LogP contribution is 2.27. The number of carbonyl (C=O) groups excluding carboxylic acids is 1. The van der Waals surface area contributed by atoms with Crippen LogP contribution in [0.1, 0.15) is 18.7 Å². The van der Waals surface area contributed by atoms with Crippen molar-refractivity contribution in [3.05, 3.63) is 47.4 Å². The van der Waals surface area contributed by atoms with E-state index in [1.807, 2.05) is 13.0 Å². The maximum Gasteiger partial charge on any atom is 0.322 e. The number of methoxy groups -OCH3 is 1. The van der Waals surface area contributed by atoms with E-state index in [1.165, 1.54) is 0 Å². The van der Waals surface area contributed by atoms with E-state index in [1.54, 1.807) is 49.6 Å². The zero-order valence-corrected chi connectivity index (χ0v) is 12.8. The van der Waals surface area contributed by atoms with E-state index in [-0.39, 0.29) is 12.1 Å². The van der Waals surface area contributed by atoms with Crippen LogP contribution in [-0.2, 0) is 0 Å². The number of hydrogen-bond acceptors (Lipinski definition) is 3. The van der Waals surface area contributed by atoms with Crippen LogP contribution in [-0.4, -0.2) is 25.1 Å². The highest BCUT2D eigenvalue weighted by molar-refractivity contribution is 6.33. The van der Waals surface area contributed by atoms with Crippen molar-refractivity contribution in [3.63, 3.8) is 0 Å². The van der Waals surface area contributed by atoms with Crippen LogP contribution < -0.4 is 10.1 Å². The summed E-state index contributed by atoms with van der Waals surface area (Å²) in [6.07, 6.45) is 1.58. The zero-order valence-electron chi connectivity index (χ0n) is 12.1. The highest BCUT2D eigenvalue weighted by Gasteiger charge is 2.20. The lowest BCUT2D eigenvalue weighted by molar-refractivity contribution is 0.201. The van der Waals surface area contributed by atoms with Gasteiger partial charge in [-0.3, -0.25) is 0 Å². The fourth-order valence-corrected chi connectivity index (χ4v) is 2.04. The molecule has 6 heteroatoms. The molecule has 1 N–H and O–H groups in total. The fraction of sp³-hybridized carbons (Fsp3) is 0.267. The number of nitrogens with zero attached hydrogens (tertiary/aromatic N) is 1. The molecular weight excluding hydrogens is 292 g/mol. The second-order valence-electron chi connectivity index (χ2n) is 4.58. The van der Waals surface area contributed by atoms with Crippen molar-refractivity contribution in [2.75, 3.05) is 19.5 Å². The largest absolute Gasteiger partial charge is 0.497 e. The Morgan fingerprint density at radius 1 is 1.43 bits per heavy atom. The number of urea groups is 1. The van der Waals surface area contributed by atoms with Gasteiger partial charge in [0.1, 0.15) is 11.5 Å². The van der Waals surface area contributed by atoms with Crippen LogP contribution in [0.4, 0.5) is 10.5 Å². The topological polar surface area (TPSA) is 54.7 Å². The molecule has 0 bridgehead atoms. The summed E-state index contributed by atoms with van der Waals surface area (Å²) >= 11 is 6.10. The fourth-order valence-electron chi connectivity index (χ4n) is 1.82. The molecule has 0 aliphatic carbocycles. The molecule has 0 aliphatic heterocycles. The molecule has 1 atom stereocenters. The number of rotatable bonds is 4. The van der Waals surface area contributed by atoms with E-state index in [9.17, 15) is 4.79 Å². The number of furan rings is 1. The number of halogens is 1. The van der Waals surface area contributed by atoms with E-state index < -0.39 is 0 Å². The van der Waals surface area contributed by atoms with Crippen molar-refractivity contribution in [2.45, 2.75) is 13.0 Å². The minimum Gasteiger partial charge on any atom is -0.497 e. The molecule has 0 spiro atoms. The molecule has 1 aromatic heterocycles. The third kappa shape index (κ3) is 3.49. The van der Waals surface area contributed by atoms with Crippen LogP contribution in [0.5, 0.6) is 5.75 Å². The third-order valence-electron chi connectivity index (χ3n) is 3.27. The van der Waals surface area contributed by atoms with Gasteiger partial charge in [0.05, 0.1) is 30.1 Å². The van der Waals surface area contributed by atoms with E-state index in [0.717, 1.165) is 0 Å². The summed E-state index contributed by atoms with van der Waals surface area (Å²) in [7, 11) is 3.25. The normalized spacial score (nSPS) is 11.8. The lowest BCUT2D eigenvalue weighted by atomic mass is 10.2. The van der Waals surface area contributed by atoms with Crippen molar-refractivity contribution in [1.29, 1.82) is 0 Å². The molecule has 1 heterocycles. The minimum atomic E-state index is -0.272. The number of amides is 2. The smallest absolute Gasteiger partial charge is 0.322 e. The van der Waals surface area contributed by atoms with Gasteiger partial charge in [0.15, 0.2) is 0 Å². The van der Waals surface area contributed by atoms with E-state index in [0.29, 0.717) is 22.2 Å². The standard InChI is InChI=1S/C15H17ClN2O3/c1-10(14-5-4-8-21-14)18(2)15(19)17-13-7-6-11(20-3)9-12(13)16/h4-10H,1-3H3,(H,17,19). The van der Waals surface area contributed by atoms with Crippen molar-refractivity contribution >= 4 is 23.3 Å². The molecule has 0 saturated carbocycles. The number of carbonyl (C=O) groups is 1. The van der Waals surface area contributed by atoms with Crippen LogP contribution in [0.15, 0.2) is 41.0 Å². The van der Waals surface area contributed by atoms with Crippen molar-refractivity contribution in [2.24, 2.45) is 0 Å². The average molecular weight is 309 g/mol. The van der Waals surface area contributed by atoms with Crippen LogP contribution >= 0.6 is 11.6 Å². The lowest BCUT2D eigenvalue weighted by Gasteiger charge is -2.24. The Balaban J connectivity index is 2.07. The van der Waals surface area contributed by atoms with Gasteiger partial charge in [-0.2, -0.15) is 0 Å². The maximum absolute atomic E-state index is 12.2. The zero-order chi connectivity index (χ0) is 15.4. The van der Waals surface area contributed by atoms with Crippen molar-refractivity contribution in [3.8, 4) is 5.75 Å². The van der Waals surface area contributed by atoms with E-state index in [2.05, 4.69) is 5.32 Å². The molecule has 0 saturated heterocycles. The second-order valence-corrected chi connectivity index (χ2v) is 4.99. The monoisotopic (exact) mass is 308 g/mol. The molecule has 112 valence electrons. The Bertz CT molecular complexity index is 613. The Kier molecular flexibility index (Phi) is 4.75. The van der Waals surface area contributed by atoms with Gasteiger partial charge in [0.25, 0.3) is 0 Å². The molecule has 5 nitrogen and oxygen atoms in total. The summed E-state index contributed by atoms with van der Waals surface area (Å²) in [5, 5.41) is 3.18. The maximum atomic E-state index is 12.2. The molecule has 21 heavy (non-hydrogen) atoms. The number of anilines is 1. The van der Waals surface area contributed by atoms with Gasteiger partial charge in [-0.25, -0.2) is 4.79 Å². The van der Waals surface area contributed by atoms with Crippen LogP contribution in [0, 0.1) is 0 Å². The van der Waals surface area contributed by atoms with Gasteiger partial charge in [-0.05, 0) is 31.2 Å². The summed E-state index contributed by atoms with van der Waals surface area (Å²) in [4.78, 5) is 13.8. The number of ether oxygens (including phenoxy) is 1. The van der Waals surface area contributed by atoms with Crippen molar-refractivity contribution < 1.29 is 13.9 Å². The van der Waals surface area contributed by atoms with Gasteiger partial charge < -0.3 is 19.4 Å². The minimum absolute atomic E-state index is 0.183. The summed E-state index contributed by atoms with van der Waals surface area (Å²) < 4.78 is 10.4. The van der Waals surface area contributed by atoms with E-state index in [4.69, 9.17) is 20.8 Å². The highest BCUT2D eigenvalue weighted by atomic mass is 35.5. The number of benzene rings is 1. The summed E-state index contributed by atoms with van der Waals surface area (Å²) in [6, 6.07) is 8.24. The average Bonchev–Trinajstić information content (AvgIpc) is 3.01. The van der Waals surface area contributed by atoms with Gasteiger partial charge in [-0.1, -0.05) is 11.6 Å². The predicted octanol–water partition coefficient (Wildman–Crippen LogP) is 4.17.